The Labute approximate surface area is 124 Å². The maximum Gasteiger partial charge on any atom is 0.136 e. The molecule has 2 saturated carbocycles. The molecule has 0 aromatic carbocycles. The minimum atomic E-state index is 0.666. The lowest BCUT2D eigenvalue weighted by molar-refractivity contribution is 0.149. The van der Waals surface area contributed by atoms with Crippen molar-refractivity contribution in [2.75, 3.05) is 0 Å². The summed E-state index contributed by atoms with van der Waals surface area (Å²) in [4.78, 5) is 0. The van der Waals surface area contributed by atoms with E-state index in [2.05, 4.69) is 19.9 Å². The van der Waals surface area contributed by atoms with Crippen LogP contribution >= 0.6 is 0 Å². The van der Waals surface area contributed by atoms with Crippen LogP contribution in [0.1, 0.15) is 55.7 Å². The summed E-state index contributed by atoms with van der Waals surface area (Å²) >= 11 is 0. The summed E-state index contributed by atoms with van der Waals surface area (Å²) in [7, 11) is 0. The summed E-state index contributed by atoms with van der Waals surface area (Å²) in [6, 6.07) is 2.64. The lowest BCUT2D eigenvalue weighted by atomic mass is 9.68. The van der Waals surface area contributed by atoms with Crippen LogP contribution in [0.4, 0.5) is 0 Å². The third-order valence-corrected chi connectivity index (χ3v) is 5.76. The Morgan fingerprint density at radius 3 is 2.67 bits per heavy atom. The summed E-state index contributed by atoms with van der Waals surface area (Å²) in [5.41, 5.74) is 0. The molecule has 6 rings (SSSR count). The van der Waals surface area contributed by atoms with E-state index in [-0.39, 0.29) is 0 Å². The van der Waals surface area contributed by atoms with Gasteiger partial charge in [0.15, 0.2) is 0 Å². The van der Waals surface area contributed by atoms with Gasteiger partial charge < -0.3 is 4.57 Å². The Morgan fingerprint density at radius 1 is 1.05 bits per heavy atom. The first-order valence-electron chi connectivity index (χ1n) is 8.28. The van der Waals surface area contributed by atoms with Gasteiger partial charge in [0.2, 0.25) is 0 Å². The Bertz CT molecular complexity index is 630. The van der Waals surface area contributed by atoms with E-state index in [1.807, 2.05) is 23.1 Å². The third kappa shape index (κ3) is 1.86. The fourth-order valence-corrected chi connectivity index (χ4v) is 5.07. The quantitative estimate of drug-likeness (QED) is 0.870. The van der Waals surface area contributed by atoms with Crippen molar-refractivity contribution in [3.63, 3.8) is 0 Å². The highest BCUT2D eigenvalue weighted by atomic mass is 15.3. The molecule has 2 fully saturated rings. The molecular formula is C16H21N5. The summed E-state index contributed by atoms with van der Waals surface area (Å²) in [6.07, 6.45) is 11.7. The fraction of sp³-hybridized carbons (Fsp3) is 0.688. The van der Waals surface area contributed by atoms with E-state index < -0.39 is 0 Å². The highest BCUT2D eigenvalue weighted by Gasteiger charge is 2.43. The zero-order valence-electron chi connectivity index (χ0n) is 12.2. The fourth-order valence-electron chi connectivity index (χ4n) is 5.07. The normalized spacial score (nSPS) is 33.1. The van der Waals surface area contributed by atoms with Crippen LogP contribution in [0.3, 0.4) is 0 Å². The number of aromatic nitrogens is 5. The topological polar surface area (TPSA) is 48.5 Å². The first-order chi connectivity index (χ1) is 10.4. The van der Waals surface area contributed by atoms with Crippen LogP contribution in [-0.4, -0.2) is 24.5 Å². The summed E-state index contributed by atoms with van der Waals surface area (Å²) in [5, 5.41) is 13.4. The van der Waals surface area contributed by atoms with Crippen LogP contribution in [-0.2, 0) is 13.0 Å². The smallest absolute Gasteiger partial charge is 0.136 e. The van der Waals surface area contributed by atoms with Gasteiger partial charge >= 0.3 is 0 Å². The minimum Gasteiger partial charge on any atom is -0.312 e. The molecule has 21 heavy (non-hydrogen) atoms. The van der Waals surface area contributed by atoms with Gasteiger partial charge in [0.25, 0.3) is 0 Å². The molecule has 2 atom stereocenters. The van der Waals surface area contributed by atoms with Crippen LogP contribution < -0.4 is 0 Å². The standard InChI is InChI=1S/C16H21N5/c1-3-17-20(4-1)5-2-15-18-19-16-13-7-11-6-12(8-13)10-14(9-11)21(15)16/h1,3-4,11-14H,2,5-10H2. The molecule has 0 N–H and O–H groups in total. The molecule has 2 aliphatic carbocycles. The van der Waals surface area contributed by atoms with Crippen molar-refractivity contribution in [1.82, 2.24) is 24.5 Å². The van der Waals surface area contributed by atoms with Gasteiger partial charge in [0, 0.05) is 37.3 Å². The molecule has 2 unspecified atom stereocenters. The van der Waals surface area contributed by atoms with Crippen molar-refractivity contribution >= 4 is 0 Å². The van der Waals surface area contributed by atoms with E-state index >= 15 is 0 Å². The molecule has 4 heterocycles. The Balaban J connectivity index is 1.47. The molecule has 4 aliphatic rings. The van der Waals surface area contributed by atoms with Gasteiger partial charge in [0.05, 0.1) is 0 Å². The van der Waals surface area contributed by atoms with E-state index in [0.29, 0.717) is 12.0 Å². The number of aryl methyl sites for hydroxylation is 2. The zero-order chi connectivity index (χ0) is 13.8. The maximum absolute atomic E-state index is 4.60. The Hall–Kier alpha value is -1.65. The van der Waals surface area contributed by atoms with Gasteiger partial charge in [-0.1, -0.05) is 0 Å². The van der Waals surface area contributed by atoms with Gasteiger partial charge in [0.1, 0.15) is 11.6 Å². The number of nitrogens with zero attached hydrogens (tertiary/aromatic N) is 5. The molecule has 2 aromatic rings. The van der Waals surface area contributed by atoms with Crippen molar-refractivity contribution in [3.8, 4) is 0 Å². The molecule has 0 radical (unpaired) electrons. The van der Waals surface area contributed by atoms with E-state index in [4.69, 9.17) is 0 Å². The van der Waals surface area contributed by atoms with E-state index in [0.717, 1.165) is 24.8 Å². The average molecular weight is 283 g/mol. The molecule has 0 spiro atoms. The molecule has 0 saturated heterocycles. The van der Waals surface area contributed by atoms with Crippen LogP contribution in [0.5, 0.6) is 0 Å². The summed E-state index contributed by atoms with van der Waals surface area (Å²) in [5.74, 6) is 5.02. The second-order valence-electron chi connectivity index (χ2n) is 7.12. The summed E-state index contributed by atoms with van der Waals surface area (Å²) < 4.78 is 4.51. The monoisotopic (exact) mass is 283 g/mol. The van der Waals surface area contributed by atoms with Gasteiger partial charge in [-0.15, -0.1) is 10.2 Å². The Morgan fingerprint density at radius 2 is 1.90 bits per heavy atom. The minimum absolute atomic E-state index is 0.666. The number of hydrogen-bond acceptors (Lipinski definition) is 3. The van der Waals surface area contributed by atoms with Crippen molar-refractivity contribution in [1.29, 1.82) is 0 Å². The molecule has 2 aromatic heterocycles. The van der Waals surface area contributed by atoms with Crippen LogP contribution in [0, 0.1) is 11.8 Å². The van der Waals surface area contributed by atoms with Gasteiger partial charge in [-0.25, -0.2) is 0 Å². The van der Waals surface area contributed by atoms with Crippen molar-refractivity contribution in [2.24, 2.45) is 11.8 Å². The second-order valence-corrected chi connectivity index (χ2v) is 7.12. The van der Waals surface area contributed by atoms with E-state index in [9.17, 15) is 0 Å². The summed E-state index contributed by atoms with van der Waals surface area (Å²) in [6.45, 7) is 0.898. The van der Waals surface area contributed by atoms with Crippen LogP contribution in [0.25, 0.3) is 0 Å². The SMILES string of the molecule is c1cnn(CCc2nnc3n2C2CC4CC(CC3C4)C2)c1. The largest absolute Gasteiger partial charge is 0.312 e. The van der Waals surface area contributed by atoms with Gasteiger partial charge in [-0.3, -0.25) is 4.68 Å². The molecular weight excluding hydrogens is 262 g/mol. The van der Waals surface area contributed by atoms with Crippen LogP contribution in [0.15, 0.2) is 18.5 Å². The van der Waals surface area contributed by atoms with Gasteiger partial charge in [-0.2, -0.15) is 5.10 Å². The molecule has 5 heteroatoms. The molecule has 2 aliphatic heterocycles. The van der Waals surface area contributed by atoms with E-state index in [1.165, 1.54) is 43.8 Å². The van der Waals surface area contributed by atoms with Crippen molar-refractivity contribution in [3.05, 3.63) is 30.1 Å². The first-order valence-corrected chi connectivity index (χ1v) is 8.28. The lowest BCUT2D eigenvalue weighted by Gasteiger charge is -2.38. The zero-order valence-corrected chi connectivity index (χ0v) is 12.2. The molecule has 110 valence electrons. The number of hydrogen-bond donors (Lipinski definition) is 0. The first kappa shape index (κ1) is 12.0. The maximum atomic E-state index is 4.60. The lowest BCUT2D eigenvalue weighted by Crippen LogP contribution is -2.27. The molecule has 0 amide bonds. The predicted molar refractivity (Wildman–Crippen MR) is 77.8 cm³/mol. The molecule has 4 bridgehead atoms. The van der Waals surface area contributed by atoms with Crippen molar-refractivity contribution in [2.45, 2.75) is 57.0 Å². The van der Waals surface area contributed by atoms with E-state index in [1.54, 1.807) is 0 Å². The second kappa shape index (κ2) is 4.42. The average Bonchev–Trinajstić information content (AvgIpc) is 3.10. The highest BCUT2D eigenvalue weighted by Crippen LogP contribution is 2.53. The number of rotatable bonds is 3. The third-order valence-electron chi connectivity index (χ3n) is 5.76. The predicted octanol–water partition coefficient (Wildman–Crippen LogP) is 2.57. The van der Waals surface area contributed by atoms with Crippen molar-refractivity contribution < 1.29 is 0 Å². The Kier molecular flexibility index (Phi) is 2.52. The van der Waals surface area contributed by atoms with Crippen LogP contribution in [0.2, 0.25) is 0 Å². The molecule has 5 nitrogen and oxygen atoms in total. The highest BCUT2D eigenvalue weighted by molar-refractivity contribution is 5.12. The van der Waals surface area contributed by atoms with Gasteiger partial charge in [-0.05, 0) is 50.0 Å².